The summed E-state index contributed by atoms with van der Waals surface area (Å²) in [5.41, 5.74) is 9.62. The zero-order valence-electron chi connectivity index (χ0n) is 27.1. The van der Waals surface area contributed by atoms with E-state index in [-0.39, 0.29) is 25.4 Å². The van der Waals surface area contributed by atoms with Gasteiger partial charge in [0.05, 0.1) is 6.04 Å². The number of ether oxygens (including phenoxy) is 1. The Kier molecular flexibility index (Phi) is 15.2. The number of aliphatic carboxylic acids is 1. The molecule has 3 atom stereocenters. The minimum absolute atomic E-state index is 0.174. The number of rotatable bonds is 14. The number of hydrogen-bond acceptors (Lipinski definition) is 7. The van der Waals surface area contributed by atoms with Gasteiger partial charge in [-0.15, -0.1) is 0 Å². The molecular formula is C35H40F3N5O7. The molecule has 50 heavy (non-hydrogen) atoms. The van der Waals surface area contributed by atoms with E-state index in [1.54, 1.807) is 0 Å². The largest absolute Gasteiger partial charge is 0.490 e. The Morgan fingerprint density at radius 1 is 0.840 bits per heavy atom. The van der Waals surface area contributed by atoms with E-state index in [0.29, 0.717) is 32.4 Å². The predicted octanol–water partition coefficient (Wildman–Crippen LogP) is 3.13. The van der Waals surface area contributed by atoms with Crippen LogP contribution in [0.3, 0.4) is 0 Å². The van der Waals surface area contributed by atoms with Crippen LogP contribution in [0.5, 0.6) is 0 Å². The number of nitrogens with one attached hydrogen (secondary N) is 4. The number of nitrogens with two attached hydrogens (primary N) is 1. The van der Waals surface area contributed by atoms with E-state index in [9.17, 15) is 32.3 Å². The average molecular weight is 700 g/mol. The third-order valence-corrected chi connectivity index (χ3v) is 7.62. The van der Waals surface area contributed by atoms with Gasteiger partial charge in [0.2, 0.25) is 17.7 Å². The maximum Gasteiger partial charge on any atom is 0.490 e. The van der Waals surface area contributed by atoms with E-state index >= 15 is 0 Å². The quantitative estimate of drug-likeness (QED) is 0.138. The Labute approximate surface area is 287 Å². The maximum absolute atomic E-state index is 13.4. The molecule has 0 bridgehead atoms. The molecule has 12 nitrogen and oxygen atoms in total. The summed E-state index contributed by atoms with van der Waals surface area (Å²) >= 11 is 0. The molecule has 4 amide bonds. The van der Waals surface area contributed by atoms with Crippen LogP contribution >= 0.6 is 0 Å². The van der Waals surface area contributed by atoms with E-state index < -0.39 is 48.2 Å². The second-order valence-electron chi connectivity index (χ2n) is 11.4. The molecule has 0 fully saturated rings. The third kappa shape index (κ3) is 13.6. The summed E-state index contributed by atoms with van der Waals surface area (Å²) in [6, 6.07) is 24.4. The van der Waals surface area contributed by atoms with Crippen LogP contribution in [0.4, 0.5) is 18.0 Å². The first-order valence-electron chi connectivity index (χ1n) is 15.8. The number of primary amides is 1. The van der Waals surface area contributed by atoms with E-state index in [0.717, 1.165) is 22.3 Å². The highest BCUT2D eigenvalue weighted by molar-refractivity contribution is 5.93. The van der Waals surface area contributed by atoms with Crippen LogP contribution in [0.15, 0.2) is 84.9 Å². The number of amides is 4. The molecule has 0 aromatic heterocycles. The van der Waals surface area contributed by atoms with Crippen molar-refractivity contribution in [2.45, 2.75) is 69.6 Å². The highest BCUT2D eigenvalue weighted by atomic mass is 19.4. The molecular weight excluding hydrogens is 659 g/mol. The Balaban J connectivity index is 0.000000872. The molecule has 0 spiro atoms. The van der Waals surface area contributed by atoms with Gasteiger partial charge in [0.25, 0.3) is 0 Å². The number of fused-ring (bicyclic) bond motifs is 1. The molecule has 3 aromatic rings. The Morgan fingerprint density at radius 3 is 2.02 bits per heavy atom. The average Bonchev–Trinajstić information content (AvgIpc) is 3.10. The molecule has 1 aliphatic heterocycles. The number of alkyl halides is 3. The number of carboxylic acid groups (broad SMARTS) is 1. The van der Waals surface area contributed by atoms with Crippen molar-refractivity contribution in [1.82, 2.24) is 21.3 Å². The Morgan fingerprint density at radius 2 is 1.42 bits per heavy atom. The predicted molar refractivity (Wildman–Crippen MR) is 176 cm³/mol. The monoisotopic (exact) mass is 699 g/mol. The summed E-state index contributed by atoms with van der Waals surface area (Å²) in [5, 5.41) is 18.7. The van der Waals surface area contributed by atoms with Crippen molar-refractivity contribution < 1.29 is 47.0 Å². The maximum atomic E-state index is 13.4. The van der Waals surface area contributed by atoms with Gasteiger partial charge in [-0.1, -0.05) is 84.9 Å². The highest BCUT2D eigenvalue weighted by Gasteiger charge is 2.38. The first-order chi connectivity index (χ1) is 23.8. The molecule has 0 unspecified atom stereocenters. The van der Waals surface area contributed by atoms with Gasteiger partial charge in [-0.25, -0.2) is 9.59 Å². The molecule has 7 N–H and O–H groups in total. The summed E-state index contributed by atoms with van der Waals surface area (Å²) in [6.45, 7) is 1.08. The lowest BCUT2D eigenvalue weighted by Gasteiger charge is -2.28. The minimum Gasteiger partial charge on any atom is -0.475 e. The molecule has 4 rings (SSSR count). The lowest BCUT2D eigenvalue weighted by Crippen LogP contribution is -2.57. The lowest BCUT2D eigenvalue weighted by molar-refractivity contribution is -0.192. The van der Waals surface area contributed by atoms with Gasteiger partial charge < -0.3 is 36.8 Å². The SMILES string of the molecule is NC(=O)[C@H](CCCCNC(=O)OCc1ccccc1)NC(=O)[C@H](Cc1ccccc1)NC(=O)[C@@H]1Cc2ccccc2CN1.O=C(O)C(F)(F)F. The topological polar surface area (TPSA) is 189 Å². The van der Waals surface area contributed by atoms with Crippen LogP contribution in [0, 0.1) is 0 Å². The zero-order valence-corrected chi connectivity index (χ0v) is 27.1. The van der Waals surface area contributed by atoms with Crippen molar-refractivity contribution >= 4 is 29.8 Å². The molecule has 15 heteroatoms. The van der Waals surface area contributed by atoms with E-state index in [1.165, 1.54) is 0 Å². The molecule has 3 aromatic carbocycles. The van der Waals surface area contributed by atoms with Crippen LogP contribution in [-0.2, 0) is 49.9 Å². The molecule has 0 saturated heterocycles. The molecule has 0 aliphatic carbocycles. The standard InChI is InChI=1S/C33H39N5O5.C2HF3O2/c34-30(39)27(17-9-10-18-35-33(42)43-22-24-13-5-2-6-14-24)37-32(41)29(19-23-11-3-1-4-12-23)38-31(40)28-20-25-15-7-8-16-26(25)21-36-28;3-2(4,5)1(6)7/h1-8,11-16,27-29,36H,9-10,17-22H2,(H2,34,39)(H,35,42)(H,37,41)(H,38,40);(H,6,7)/t27-,28-,29-;/m0./s1. The number of halogens is 3. The van der Waals surface area contributed by atoms with Crippen molar-refractivity contribution in [3.8, 4) is 0 Å². The van der Waals surface area contributed by atoms with Crippen molar-refractivity contribution in [3.05, 3.63) is 107 Å². The molecule has 268 valence electrons. The van der Waals surface area contributed by atoms with Crippen molar-refractivity contribution in [1.29, 1.82) is 0 Å². The fraction of sp³-hybridized carbons (Fsp3) is 0.343. The second-order valence-corrected chi connectivity index (χ2v) is 11.4. The second kappa shape index (κ2) is 19.5. The van der Waals surface area contributed by atoms with Gasteiger partial charge >= 0.3 is 18.2 Å². The fourth-order valence-electron chi connectivity index (χ4n) is 4.97. The first kappa shape index (κ1) is 39.0. The van der Waals surface area contributed by atoms with Crippen molar-refractivity contribution in [2.24, 2.45) is 5.73 Å². The summed E-state index contributed by atoms with van der Waals surface area (Å²) in [6.07, 6.45) is -3.48. The Hall–Kier alpha value is -5.44. The molecule has 0 radical (unpaired) electrons. The van der Waals surface area contributed by atoms with Crippen LogP contribution in [0.1, 0.15) is 41.5 Å². The summed E-state index contributed by atoms with van der Waals surface area (Å²) in [4.78, 5) is 59.7. The third-order valence-electron chi connectivity index (χ3n) is 7.62. The van der Waals surface area contributed by atoms with Gasteiger partial charge in [-0.2, -0.15) is 13.2 Å². The van der Waals surface area contributed by atoms with Gasteiger partial charge in [-0.05, 0) is 47.9 Å². The van der Waals surface area contributed by atoms with Gasteiger partial charge in [0.15, 0.2) is 0 Å². The first-order valence-corrected chi connectivity index (χ1v) is 15.8. The van der Waals surface area contributed by atoms with Crippen molar-refractivity contribution in [3.63, 3.8) is 0 Å². The molecule has 1 aliphatic rings. The van der Waals surface area contributed by atoms with E-state index in [2.05, 4.69) is 21.3 Å². The fourth-order valence-corrected chi connectivity index (χ4v) is 4.97. The minimum atomic E-state index is -5.08. The molecule has 1 heterocycles. The van der Waals surface area contributed by atoms with E-state index in [1.807, 2.05) is 84.9 Å². The number of benzene rings is 3. The molecule has 0 saturated carbocycles. The smallest absolute Gasteiger partial charge is 0.475 e. The number of carboxylic acids is 1. The van der Waals surface area contributed by atoms with Crippen LogP contribution in [-0.4, -0.2) is 65.7 Å². The summed E-state index contributed by atoms with van der Waals surface area (Å²) in [7, 11) is 0. The van der Waals surface area contributed by atoms with Gasteiger partial charge in [0, 0.05) is 19.5 Å². The van der Waals surface area contributed by atoms with Gasteiger partial charge in [0.1, 0.15) is 18.7 Å². The number of carbonyl (C=O) groups is 5. The van der Waals surface area contributed by atoms with Crippen LogP contribution in [0.2, 0.25) is 0 Å². The van der Waals surface area contributed by atoms with Crippen molar-refractivity contribution in [2.75, 3.05) is 6.54 Å². The summed E-state index contributed by atoms with van der Waals surface area (Å²) in [5.74, 6) is -4.20. The van der Waals surface area contributed by atoms with E-state index in [4.69, 9.17) is 20.4 Å². The normalized spacial score (nSPS) is 14.7. The van der Waals surface area contributed by atoms with Gasteiger partial charge in [-0.3, -0.25) is 14.4 Å². The number of unbranched alkanes of at least 4 members (excludes halogenated alkanes) is 1. The number of carbonyl (C=O) groups excluding carboxylic acids is 4. The Bertz CT molecular complexity index is 1580. The van der Waals surface area contributed by atoms with Crippen LogP contribution in [0.25, 0.3) is 0 Å². The zero-order chi connectivity index (χ0) is 36.5. The summed E-state index contributed by atoms with van der Waals surface area (Å²) < 4.78 is 36.9. The number of hydrogen-bond donors (Lipinski definition) is 6. The lowest BCUT2D eigenvalue weighted by atomic mass is 9.95. The highest BCUT2D eigenvalue weighted by Crippen LogP contribution is 2.17. The van der Waals surface area contributed by atoms with Crippen LogP contribution < -0.4 is 27.0 Å². The number of alkyl carbamates (subject to hydrolysis) is 1.